The molecule has 20 heavy (non-hydrogen) atoms. The van der Waals surface area contributed by atoms with Crippen molar-refractivity contribution >= 4 is 11.8 Å². The molecule has 0 aromatic carbocycles. The third kappa shape index (κ3) is 13.3. The van der Waals surface area contributed by atoms with Gasteiger partial charge >= 0.3 is 0 Å². The number of unbranched alkanes of at least 4 members (excludes halogenated alkanes) is 4. The molecule has 0 aliphatic rings. The predicted molar refractivity (Wildman–Crippen MR) is 82.6 cm³/mol. The van der Waals surface area contributed by atoms with Gasteiger partial charge in [-0.25, -0.2) is 0 Å². The van der Waals surface area contributed by atoms with E-state index >= 15 is 0 Å². The highest BCUT2D eigenvalue weighted by Gasteiger charge is 1.99. The van der Waals surface area contributed by atoms with Crippen LogP contribution in [0.15, 0.2) is 0 Å². The lowest BCUT2D eigenvalue weighted by molar-refractivity contribution is -0.121. The van der Waals surface area contributed by atoms with Crippen molar-refractivity contribution in [2.45, 2.75) is 58.8 Å². The van der Waals surface area contributed by atoms with Crippen LogP contribution in [0.3, 0.4) is 0 Å². The zero-order valence-corrected chi connectivity index (χ0v) is 13.1. The third-order valence-corrected chi connectivity index (χ3v) is 3.01. The average Bonchev–Trinajstić information content (AvgIpc) is 2.43. The first-order chi connectivity index (χ1) is 9.70. The first-order valence-electron chi connectivity index (χ1n) is 7.94. The van der Waals surface area contributed by atoms with Crippen LogP contribution < -0.4 is 16.0 Å². The summed E-state index contributed by atoms with van der Waals surface area (Å²) < 4.78 is 0. The number of hydrogen-bond donors (Lipinski definition) is 3. The van der Waals surface area contributed by atoms with E-state index in [4.69, 9.17) is 0 Å². The maximum Gasteiger partial charge on any atom is 0.233 e. The summed E-state index contributed by atoms with van der Waals surface area (Å²) >= 11 is 0. The van der Waals surface area contributed by atoms with Crippen molar-refractivity contribution in [3.63, 3.8) is 0 Å². The average molecular weight is 285 g/mol. The van der Waals surface area contributed by atoms with E-state index in [9.17, 15) is 9.59 Å². The fraction of sp³-hybridized carbons (Fsp3) is 0.867. The molecule has 0 saturated heterocycles. The number of rotatable bonds is 13. The number of hydrogen-bond acceptors (Lipinski definition) is 3. The number of carbonyl (C=O) groups is 2. The summed E-state index contributed by atoms with van der Waals surface area (Å²) in [5.41, 5.74) is 0. The molecule has 118 valence electrons. The second-order valence-electron chi connectivity index (χ2n) is 5.00. The van der Waals surface area contributed by atoms with Gasteiger partial charge in [0, 0.05) is 19.5 Å². The molecule has 0 unspecified atom stereocenters. The fourth-order valence-corrected chi connectivity index (χ4v) is 1.85. The zero-order chi connectivity index (χ0) is 15.1. The summed E-state index contributed by atoms with van der Waals surface area (Å²) in [5.74, 6) is 0.237. The quantitative estimate of drug-likeness (QED) is 0.450. The van der Waals surface area contributed by atoms with E-state index in [1.165, 1.54) is 0 Å². The highest BCUT2D eigenvalue weighted by Crippen LogP contribution is 2.01. The number of nitrogens with one attached hydrogen (secondary N) is 3. The summed E-state index contributed by atoms with van der Waals surface area (Å²) in [4.78, 5) is 22.5. The van der Waals surface area contributed by atoms with Gasteiger partial charge < -0.3 is 16.0 Å². The fourth-order valence-electron chi connectivity index (χ4n) is 1.85. The highest BCUT2D eigenvalue weighted by molar-refractivity contribution is 5.77. The molecule has 0 heterocycles. The lowest BCUT2D eigenvalue weighted by Crippen LogP contribution is -2.34. The molecule has 3 N–H and O–H groups in total. The molecule has 0 saturated carbocycles. The molecule has 0 radical (unpaired) electrons. The Morgan fingerprint density at radius 3 is 1.90 bits per heavy atom. The lowest BCUT2D eigenvalue weighted by Gasteiger charge is -2.06. The van der Waals surface area contributed by atoms with Gasteiger partial charge in [0.15, 0.2) is 0 Å². The van der Waals surface area contributed by atoms with Gasteiger partial charge in [-0.05, 0) is 25.8 Å². The van der Waals surface area contributed by atoms with Gasteiger partial charge in [0.05, 0.1) is 6.54 Å². The van der Waals surface area contributed by atoms with Crippen molar-refractivity contribution in [2.24, 2.45) is 0 Å². The molecule has 5 nitrogen and oxygen atoms in total. The Bertz CT molecular complexity index is 258. The summed E-state index contributed by atoms with van der Waals surface area (Å²) in [6, 6.07) is 0. The first kappa shape index (κ1) is 18.9. The molecule has 0 atom stereocenters. The summed E-state index contributed by atoms with van der Waals surface area (Å²) in [6.45, 7) is 6.78. The van der Waals surface area contributed by atoms with E-state index in [-0.39, 0.29) is 11.8 Å². The minimum atomic E-state index is 0.0745. The van der Waals surface area contributed by atoms with E-state index in [2.05, 4.69) is 16.0 Å². The van der Waals surface area contributed by atoms with Crippen LogP contribution in [-0.2, 0) is 9.59 Å². The standard InChI is InChI=1S/C15H31N3O2/c1-3-10-14(19)17-11-8-6-5-7-9-12-18-15(20)13-16-4-2/h16H,3-13H2,1-2H3,(H,17,19)(H,18,20). The summed E-state index contributed by atoms with van der Waals surface area (Å²) in [6.07, 6.45) is 7.04. The van der Waals surface area contributed by atoms with Crippen LogP contribution in [0.1, 0.15) is 58.8 Å². The van der Waals surface area contributed by atoms with Crippen LogP contribution in [0.5, 0.6) is 0 Å². The van der Waals surface area contributed by atoms with Gasteiger partial charge in [-0.2, -0.15) is 0 Å². The maximum atomic E-state index is 11.3. The molecule has 0 fully saturated rings. The van der Waals surface area contributed by atoms with Crippen LogP contribution in [0.25, 0.3) is 0 Å². The molecule has 5 heteroatoms. The van der Waals surface area contributed by atoms with Crippen molar-refractivity contribution in [3.05, 3.63) is 0 Å². The highest BCUT2D eigenvalue weighted by atomic mass is 16.2. The monoisotopic (exact) mass is 285 g/mol. The minimum absolute atomic E-state index is 0.0745. The second kappa shape index (κ2) is 14.3. The van der Waals surface area contributed by atoms with Crippen LogP contribution in [-0.4, -0.2) is 38.0 Å². The van der Waals surface area contributed by atoms with E-state index < -0.39 is 0 Å². The zero-order valence-electron chi connectivity index (χ0n) is 13.1. The predicted octanol–water partition coefficient (Wildman–Crippen LogP) is 1.58. The Morgan fingerprint density at radius 2 is 1.35 bits per heavy atom. The van der Waals surface area contributed by atoms with Gasteiger partial charge in [0.1, 0.15) is 0 Å². The first-order valence-corrected chi connectivity index (χ1v) is 7.94. The van der Waals surface area contributed by atoms with Crippen LogP contribution in [0, 0.1) is 0 Å². The normalized spacial score (nSPS) is 10.3. The SMILES string of the molecule is CCCC(=O)NCCCCCCCNC(=O)CNCC. The number of likely N-dealkylation sites (N-methyl/N-ethyl adjacent to an activating group) is 1. The van der Waals surface area contributed by atoms with Crippen molar-refractivity contribution < 1.29 is 9.59 Å². The van der Waals surface area contributed by atoms with Crippen molar-refractivity contribution in [3.8, 4) is 0 Å². The van der Waals surface area contributed by atoms with Gasteiger partial charge in [0.2, 0.25) is 11.8 Å². The molecular formula is C15H31N3O2. The largest absolute Gasteiger partial charge is 0.356 e. The van der Waals surface area contributed by atoms with Gasteiger partial charge in [0.25, 0.3) is 0 Å². The van der Waals surface area contributed by atoms with Gasteiger partial charge in [-0.3, -0.25) is 9.59 Å². The summed E-state index contributed by atoms with van der Waals surface area (Å²) in [7, 11) is 0. The van der Waals surface area contributed by atoms with E-state index in [0.717, 1.165) is 58.2 Å². The Labute approximate surface area is 123 Å². The molecule has 0 aromatic rings. The van der Waals surface area contributed by atoms with Gasteiger partial charge in [-0.15, -0.1) is 0 Å². The summed E-state index contributed by atoms with van der Waals surface area (Å²) in [5, 5.41) is 8.80. The molecule has 0 spiro atoms. The van der Waals surface area contributed by atoms with Gasteiger partial charge in [-0.1, -0.05) is 33.1 Å². The lowest BCUT2D eigenvalue weighted by atomic mass is 10.1. The third-order valence-electron chi connectivity index (χ3n) is 3.01. The molecular weight excluding hydrogens is 254 g/mol. The molecule has 0 rings (SSSR count). The van der Waals surface area contributed by atoms with Crippen LogP contribution in [0.4, 0.5) is 0 Å². The smallest absolute Gasteiger partial charge is 0.233 e. The molecule has 0 aliphatic carbocycles. The Balaban J connectivity index is 3.17. The van der Waals surface area contributed by atoms with E-state index in [0.29, 0.717) is 13.0 Å². The Kier molecular flexibility index (Phi) is 13.5. The number of carbonyl (C=O) groups excluding carboxylic acids is 2. The van der Waals surface area contributed by atoms with E-state index in [1.54, 1.807) is 0 Å². The topological polar surface area (TPSA) is 70.2 Å². The molecule has 2 amide bonds. The van der Waals surface area contributed by atoms with Crippen molar-refractivity contribution in [1.82, 2.24) is 16.0 Å². The Hall–Kier alpha value is -1.10. The van der Waals surface area contributed by atoms with Crippen LogP contribution in [0.2, 0.25) is 0 Å². The van der Waals surface area contributed by atoms with Crippen LogP contribution >= 0.6 is 0 Å². The minimum Gasteiger partial charge on any atom is -0.356 e. The molecule has 0 aromatic heterocycles. The second-order valence-corrected chi connectivity index (χ2v) is 5.00. The van der Waals surface area contributed by atoms with Crippen molar-refractivity contribution in [2.75, 3.05) is 26.2 Å². The maximum absolute atomic E-state index is 11.3. The number of amides is 2. The molecule has 0 aliphatic heterocycles. The Morgan fingerprint density at radius 1 is 0.800 bits per heavy atom. The van der Waals surface area contributed by atoms with E-state index in [1.807, 2.05) is 13.8 Å². The molecule has 0 bridgehead atoms. The van der Waals surface area contributed by atoms with Crippen molar-refractivity contribution in [1.29, 1.82) is 0 Å².